The Labute approximate surface area is 95.6 Å². The van der Waals surface area contributed by atoms with E-state index in [-0.39, 0.29) is 10.7 Å². The molecule has 14 heavy (non-hydrogen) atoms. The Balaban J connectivity index is 2.89. The van der Waals surface area contributed by atoms with Gasteiger partial charge in [0.05, 0.1) is 6.33 Å². The molecule has 0 unspecified atom stereocenters. The number of hydrogen-bond donors (Lipinski definition) is 0. The van der Waals surface area contributed by atoms with Crippen LogP contribution in [0.25, 0.3) is 0 Å². The highest BCUT2D eigenvalue weighted by Crippen LogP contribution is 2.13. The molecule has 0 N–H and O–H groups in total. The molecule has 0 aliphatic heterocycles. The molecule has 0 aromatic carbocycles. The maximum absolute atomic E-state index is 11.6. The SMILES string of the molecule is CN(C)CCn1cnc(Cl)c(Br)c1=O. The van der Waals surface area contributed by atoms with Gasteiger partial charge in [-0.2, -0.15) is 0 Å². The zero-order chi connectivity index (χ0) is 10.7. The van der Waals surface area contributed by atoms with Crippen molar-refractivity contribution in [2.75, 3.05) is 20.6 Å². The van der Waals surface area contributed by atoms with Crippen molar-refractivity contribution in [1.82, 2.24) is 14.5 Å². The fourth-order valence-corrected chi connectivity index (χ4v) is 1.37. The second kappa shape index (κ2) is 4.91. The molecule has 4 nitrogen and oxygen atoms in total. The third kappa shape index (κ3) is 2.80. The molecular formula is C8H11BrClN3O. The first-order chi connectivity index (χ1) is 6.52. The summed E-state index contributed by atoms with van der Waals surface area (Å²) in [5, 5.41) is 0.205. The lowest BCUT2D eigenvalue weighted by Gasteiger charge is -2.10. The van der Waals surface area contributed by atoms with Crippen LogP contribution >= 0.6 is 27.5 Å². The van der Waals surface area contributed by atoms with Crippen LogP contribution in [0.4, 0.5) is 0 Å². The Kier molecular flexibility index (Phi) is 4.10. The fourth-order valence-electron chi connectivity index (χ4n) is 0.911. The van der Waals surface area contributed by atoms with E-state index in [0.717, 1.165) is 6.54 Å². The second-order valence-corrected chi connectivity index (χ2v) is 4.30. The van der Waals surface area contributed by atoms with E-state index in [1.165, 1.54) is 10.9 Å². The van der Waals surface area contributed by atoms with E-state index in [0.29, 0.717) is 11.0 Å². The zero-order valence-corrected chi connectivity index (χ0v) is 10.3. The van der Waals surface area contributed by atoms with Gasteiger partial charge in [0, 0.05) is 13.1 Å². The van der Waals surface area contributed by atoms with Crippen molar-refractivity contribution in [3.05, 3.63) is 26.3 Å². The molecule has 0 bridgehead atoms. The van der Waals surface area contributed by atoms with E-state index in [4.69, 9.17) is 11.6 Å². The van der Waals surface area contributed by atoms with Crippen molar-refractivity contribution in [1.29, 1.82) is 0 Å². The monoisotopic (exact) mass is 279 g/mol. The largest absolute Gasteiger partial charge is 0.308 e. The molecule has 1 aromatic heterocycles. The van der Waals surface area contributed by atoms with Gasteiger partial charge < -0.3 is 4.90 Å². The Morgan fingerprint density at radius 3 is 2.86 bits per heavy atom. The van der Waals surface area contributed by atoms with Crippen molar-refractivity contribution in [2.24, 2.45) is 0 Å². The summed E-state index contributed by atoms with van der Waals surface area (Å²) < 4.78 is 1.84. The summed E-state index contributed by atoms with van der Waals surface area (Å²) in [5.41, 5.74) is -0.146. The predicted molar refractivity (Wildman–Crippen MR) is 59.8 cm³/mol. The van der Waals surface area contributed by atoms with E-state index in [2.05, 4.69) is 20.9 Å². The topological polar surface area (TPSA) is 38.1 Å². The van der Waals surface area contributed by atoms with Crippen LogP contribution in [0.2, 0.25) is 5.15 Å². The lowest BCUT2D eigenvalue weighted by molar-refractivity contribution is 0.379. The highest BCUT2D eigenvalue weighted by Gasteiger charge is 2.06. The summed E-state index contributed by atoms with van der Waals surface area (Å²) in [4.78, 5) is 17.5. The first-order valence-corrected chi connectivity index (χ1v) is 5.24. The van der Waals surface area contributed by atoms with Crippen molar-refractivity contribution >= 4 is 27.5 Å². The summed E-state index contributed by atoms with van der Waals surface area (Å²) in [6.45, 7) is 1.39. The van der Waals surface area contributed by atoms with Crippen LogP contribution in [0.5, 0.6) is 0 Å². The fraction of sp³-hybridized carbons (Fsp3) is 0.500. The third-order valence-electron chi connectivity index (χ3n) is 1.73. The summed E-state index contributed by atoms with van der Waals surface area (Å²) in [6.07, 6.45) is 1.46. The summed E-state index contributed by atoms with van der Waals surface area (Å²) >= 11 is 8.76. The third-order valence-corrected chi connectivity index (χ3v) is 2.96. The molecule has 1 heterocycles. The van der Waals surface area contributed by atoms with Gasteiger partial charge in [-0.1, -0.05) is 11.6 Å². The van der Waals surface area contributed by atoms with Gasteiger partial charge in [-0.3, -0.25) is 9.36 Å². The van der Waals surface area contributed by atoms with Crippen molar-refractivity contribution in [2.45, 2.75) is 6.54 Å². The molecule has 1 aromatic rings. The number of likely N-dealkylation sites (N-methyl/N-ethyl adjacent to an activating group) is 1. The van der Waals surface area contributed by atoms with Crippen LogP contribution in [0, 0.1) is 0 Å². The zero-order valence-electron chi connectivity index (χ0n) is 8.00. The lowest BCUT2D eigenvalue weighted by atomic mass is 10.5. The van der Waals surface area contributed by atoms with Crippen molar-refractivity contribution < 1.29 is 0 Å². The quantitative estimate of drug-likeness (QED) is 0.782. The summed E-state index contributed by atoms with van der Waals surface area (Å²) in [6, 6.07) is 0. The van der Waals surface area contributed by atoms with Gasteiger partial charge in [0.25, 0.3) is 5.56 Å². The van der Waals surface area contributed by atoms with E-state index < -0.39 is 0 Å². The first-order valence-electron chi connectivity index (χ1n) is 4.07. The Morgan fingerprint density at radius 1 is 1.64 bits per heavy atom. The second-order valence-electron chi connectivity index (χ2n) is 3.15. The average molecular weight is 281 g/mol. The van der Waals surface area contributed by atoms with Gasteiger partial charge in [0.2, 0.25) is 0 Å². The maximum atomic E-state index is 11.6. The molecule has 1 rings (SSSR count). The summed E-state index contributed by atoms with van der Waals surface area (Å²) in [5.74, 6) is 0. The van der Waals surface area contributed by atoms with Crippen LogP contribution in [0.3, 0.4) is 0 Å². The maximum Gasteiger partial charge on any atom is 0.269 e. The van der Waals surface area contributed by atoms with Crippen molar-refractivity contribution in [3.63, 3.8) is 0 Å². The average Bonchev–Trinajstić information content (AvgIpc) is 2.13. The highest BCUT2D eigenvalue weighted by molar-refractivity contribution is 9.10. The molecule has 6 heteroatoms. The van der Waals surface area contributed by atoms with Crippen LogP contribution in [0.1, 0.15) is 0 Å². The molecule has 0 atom stereocenters. The number of rotatable bonds is 3. The number of halogens is 2. The molecular weight excluding hydrogens is 269 g/mol. The van der Waals surface area contributed by atoms with Gasteiger partial charge in [-0.05, 0) is 30.0 Å². The van der Waals surface area contributed by atoms with E-state index in [1.54, 1.807) is 0 Å². The molecule has 0 aliphatic rings. The standard InChI is InChI=1S/C8H11BrClN3O/c1-12(2)3-4-13-5-11-7(10)6(9)8(13)14/h5H,3-4H2,1-2H3. The predicted octanol–water partition coefficient (Wildman–Crippen LogP) is 1.22. The molecule has 0 fully saturated rings. The van der Waals surface area contributed by atoms with Crippen LogP contribution in [0.15, 0.2) is 15.6 Å². The van der Waals surface area contributed by atoms with E-state index in [1.807, 2.05) is 19.0 Å². The minimum Gasteiger partial charge on any atom is -0.308 e. The van der Waals surface area contributed by atoms with Crippen LogP contribution in [-0.2, 0) is 6.54 Å². The molecule has 78 valence electrons. The van der Waals surface area contributed by atoms with Gasteiger partial charge in [0.15, 0.2) is 5.15 Å². The van der Waals surface area contributed by atoms with E-state index in [9.17, 15) is 4.79 Å². The molecule has 0 radical (unpaired) electrons. The molecule has 0 saturated heterocycles. The lowest BCUT2D eigenvalue weighted by Crippen LogP contribution is -2.27. The Bertz CT molecular complexity index is 377. The summed E-state index contributed by atoms with van der Waals surface area (Å²) in [7, 11) is 3.90. The highest BCUT2D eigenvalue weighted by atomic mass is 79.9. The Morgan fingerprint density at radius 2 is 2.29 bits per heavy atom. The number of nitrogens with zero attached hydrogens (tertiary/aromatic N) is 3. The van der Waals surface area contributed by atoms with Gasteiger partial charge in [0.1, 0.15) is 4.47 Å². The smallest absolute Gasteiger partial charge is 0.269 e. The Hall–Kier alpha value is -0.390. The minimum absolute atomic E-state index is 0.146. The van der Waals surface area contributed by atoms with Crippen molar-refractivity contribution in [3.8, 4) is 0 Å². The van der Waals surface area contributed by atoms with Gasteiger partial charge >= 0.3 is 0 Å². The van der Waals surface area contributed by atoms with Gasteiger partial charge in [-0.25, -0.2) is 4.98 Å². The molecule has 0 saturated carbocycles. The van der Waals surface area contributed by atoms with Crippen LogP contribution < -0.4 is 5.56 Å². The van der Waals surface area contributed by atoms with Crippen LogP contribution in [-0.4, -0.2) is 35.1 Å². The molecule has 0 amide bonds. The minimum atomic E-state index is -0.146. The van der Waals surface area contributed by atoms with E-state index >= 15 is 0 Å². The normalized spacial score (nSPS) is 10.9. The molecule has 0 spiro atoms. The first kappa shape index (κ1) is 11.7. The van der Waals surface area contributed by atoms with Gasteiger partial charge in [-0.15, -0.1) is 0 Å². The number of aromatic nitrogens is 2. The number of hydrogen-bond acceptors (Lipinski definition) is 3. The molecule has 0 aliphatic carbocycles.